The number of benzene rings is 6. The predicted octanol–water partition coefficient (Wildman–Crippen LogP) is 11.3. The maximum Gasteiger partial charge on any atom is 0.411 e. The molecule has 0 bridgehead atoms. The minimum Gasteiger partial charge on any atom is -0.493 e. The number of nitrogens with zero attached hydrogens (tertiary/aromatic N) is 7. The van der Waals surface area contributed by atoms with Crippen LogP contribution in [0.3, 0.4) is 0 Å². The number of carbonyl (C=O) groups is 5. The zero-order valence-electron chi connectivity index (χ0n) is 51.8. The molecule has 4 atom stereocenters. The maximum absolute atomic E-state index is 14.2. The van der Waals surface area contributed by atoms with Crippen molar-refractivity contribution in [1.29, 1.82) is 0 Å². The van der Waals surface area contributed by atoms with Gasteiger partial charge in [0.05, 0.1) is 62.0 Å². The van der Waals surface area contributed by atoms with Crippen LogP contribution in [0.5, 0.6) is 23.0 Å². The fourth-order valence-corrected chi connectivity index (χ4v) is 12.7. The van der Waals surface area contributed by atoms with Gasteiger partial charge in [0.1, 0.15) is 12.1 Å². The molecule has 19 heteroatoms. The fourth-order valence-electron chi connectivity index (χ4n) is 12.7. The molecule has 464 valence electrons. The molecule has 1 aliphatic carbocycles. The lowest BCUT2D eigenvalue weighted by molar-refractivity contribution is -0.130. The first kappa shape index (κ1) is 60.5. The molecule has 6 aromatic carbocycles. The van der Waals surface area contributed by atoms with E-state index in [-0.39, 0.29) is 29.8 Å². The van der Waals surface area contributed by atoms with E-state index in [1.165, 1.54) is 24.7 Å². The summed E-state index contributed by atoms with van der Waals surface area (Å²) in [6.07, 6.45) is 9.59. The number of likely N-dealkylation sites (N-methyl/N-ethyl adjacent to an activating group) is 2. The van der Waals surface area contributed by atoms with E-state index in [0.29, 0.717) is 77.2 Å². The highest BCUT2D eigenvalue weighted by molar-refractivity contribution is 6.07. The molecule has 1 fully saturated rings. The number of aliphatic imine (C=N–C) groups is 2. The van der Waals surface area contributed by atoms with Crippen molar-refractivity contribution in [3.05, 3.63) is 167 Å². The third-order valence-corrected chi connectivity index (χ3v) is 17.7. The molecule has 0 saturated carbocycles. The van der Waals surface area contributed by atoms with Gasteiger partial charge in [0, 0.05) is 106 Å². The molecule has 2 N–H and O–H groups in total. The zero-order valence-corrected chi connectivity index (χ0v) is 51.8. The van der Waals surface area contributed by atoms with Crippen molar-refractivity contribution >= 4 is 76.0 Å². The van der Waals surface area contributed by atoms with Crippen LogP contribution in [-0.4, -0.2) is 154 Å². The number of methoxy groups -OCH3 is 2. The van der Waals surface area contributed by atoms with Crippen LogP contribution in [0, 0.1) is 5.92 Å². The van der Waals surface area contributed by atoms with Gasteiger partial charge in [-0.25, -0.2) is 4.79 Å². The molecule has 5 aliphatic heterocycles. The van der Waals surface area contributed by atoms with Crippen molar-refractivity contribution in [3.8, 4) is 34.1 Å². The monoisotopic (exact) mass is 1210 g/mol. The van der Waals surface area contributed by atoms with Crippen LogP contribution in [0.2, 0.25) is 0 Å². The quantitative estimate of drug-likeness (QED) is 0.0687. The minimum atomic E-state index is -0.939. The average Bonchev–Trinajstić information content (AvgIpc) is 1.98. The van der Waals surface area contributed by atoms with Gasteiger partial charge in [0.15, 0.2) is 29.1 Å². The average molecular weight is 1210 g/mol. The summed E-state index contributed by atoms with van der Waals surface area (Å²) in [6.45, 7) is 10.2. The Bertz CT molecular complexity index is 3830. The smallest absolute Gasteiger partial charge is 0.411 e. The van der Waals surface area contributed by atoms with Gasteiger partial charge in [-0.1, -0.05) is 86.6 Å². The van der Waals surface area contributed by atoms with Crippen molar-refractivity contribution in [2.24, 2.45) is 15.9 Å². The Balaban J connectivity index is 0.597. The number of ether oxygens (including phenoxy) is 5. The van der Waals surface area contributed by atoms with Crippen molar-refractivity contribution in [2.45, 2.75) is 83.1 Å². The van der Waals surface area contributed by atoms with Gasteiger partial charge >= 0.3 is 6.09 Å². The molecule has 5 amide bonds. The van der Waals surface area contributed by atoms with Crippen LogP contribution in [0.15, 0.2) is 144 Å². The van der Waals surface area contributed by atoms with Gasteiger partial charge in [0.25, 0.3) is 11.8 Å². The molecule has 6 aromatic rings. The number of hydrogen-bond donors (Lipinski definition) is 2. The highest BCUT2D eigenvalue weighted by atomic mass is 16.6. The number of piperazine rings is 1. The number of amides is 5. The Morgan fingerprint density at radius 1 is 0.611 bits per heavy atom. The summed E-state index contributed by atoms with van der Waals surface area (Å²) < 4.78 is 30.0. The Morgan fingerprint density at radius 3 is 1.61 bits per heavy atom. The first-order valence-corrected chi connectivity index (χ1v) is 30.9. The third kappa shape index (κ3) is 12.4. The number of anilines is 2. The van der Waals surface area contributed by atoms with E-state index < -0.39 is 36.1 Å². The summed E-state index contributed by atoms with van der Waals surface area (Å²) >= 11 is 0. The van der Waals surface area contributed by atoms with E-state index >= 15 is 0 Å². The van der Waals surface area contributed by atoms with E-state index in [0.717, 1.165) is 90.0 Å². The van der Waals surface area contributed by atoms with E-state index in [1.807, 2.05) is 93.1 Å². The standard InChI is InChI=1S/C71H75N9O10/c1-43(2)65(77(5)71(85)90-66-55-17-11-9-15-53(55)54-16-10-12-18-56(54)66)68(82)74-44(3)67(81)75-49-23-19-45(20-24-49)47-33-51-39-72-59-37-63(61(86-6)35-57(59)69(83)79(51)41-47)88-31-13-8-14-32-89-64-38-60-58(36-62(64)87-7)70(84)80-42-48(34-52(80)40-73-60)46-21-25-50(26-22-46)78-29-27-76(4)28-30-78/h9-12,15-26,35-44,51-52,65-66H,8,13-14,27-34H2,1-7H3,(H,74,82)(H,75,81)/t44-,51-,52-,65-/m0/s1. The summed E-state index contributed by atoms with van der Waals surface area (Å²) in [4.78, 5) is 88.3. The Labute approximate surface area is 524 Å². The van der Waals surface area contributed by atoms with Gasteiger partial charge in [-0.3, -0.25) is 34.1 Å². The lowest BCUT2D eigenvalue weighted by Crippen LogP contribution is -2.54. The van der Waals surface area contributed by atoms with Gasteiger partial charge in [0.2, 0.25) is 11.8 Å². The summed E-state index contributed by atoms with van der Waals surface area (Å²) in [6, 6.07) is 36.1. The van der Waals surface area contributed by atoms with Crippen LogP contribution in [-0.2, 0) is 14.3 Å². The second-order valence-corrected chi connectivity index (χ2v) is 24.0. The lowest BCUT2D eigenvalue weighted by Gasteiger charge is -2.34. The first-order valence-electron chi connectivity index (χ1n) is 30.9. The second kappa shape index (κ2) is 26.1. The highest BCUT2D eigenvalue weighted by Crippen LogP contribution is 2.46. The van der Waals surface area contributed by atoms with Crippen LogP contribution in [0.25, 0.3) is 22.3 Å². The van der Waals surface area contributed by atoms with E-state index in [4.69, 9.17) is 33.7 Å². The Kier molecular flexibility index (Phi) is 17.6. The molecule has 5 heterocycles. The number of nitrogens with one attached hydrogen (secondary N) is 2. The predicted molar refractivity (Wildman–Crippen MR) is 348 cm³/mol. The molecule has 1 saturated heterocycles. The largest absolute Gasteiger partial charge is 0.493 e. The number of carbonyl (C=O) groups excluding carboxylic acids is 5. The molecule has 0 radical (unpaired) electrons. The summed E-state index contributed by atoms with van der Waals surface area (Å²) in [5, 5.41) is 5.70. The van der Waals surface area contributed by atoms with Crippen molar-refractivity contribution < 1.29 is 47.7 Å². The molecule has 19 nitrogen and oxygen atoms in total. The molecule has 90 heavy (non-hydrogen) atoms. The molecule has 0 spiro atoms. The van der Waals surface area contributed by atoms with E-state index in [9.17, 15) is 24.0 Å². The van der Waals surface area contributed by atoms with E-state index in [1.54, 1.807) is 66.4 Å². The number of hydrogen-bond acceptors (Lipinski definition) is 14. The molecule has 0 unspecified atom stereocenters. The minimum absolute atomic E-state index is 0.134. The topological polar surface area (TPSA) is 196 Å². The van der Waals surface area contributed by atoms with Gasteiger partial charge < -0.3 is 53.9 Å². The zero-order chi connectivity index (χ0) is 62.7. The molecule has 12 rings (SSSR count). The summed E-state index contributed by atoms with van der Waals surface area (Å²) in [5.41, 5.74) is 11.3. The van der Waals surface area contributed by atoms with Crippen LogP contribution < -0.4 is 34.5 Å². The Hall–Kier alpha value is -9.75. The molecule has 6 aliphatic rings. The number of fused-ring (bicyclic) bond motifs is 7. The van der Waals surface area contributed by atoms with Crippen LogP contribution >= 0.6 is 0 Å². The maximum atomic E-state index is 14.2. The van der Waals surface area contributed by atoms with Gasteiger partial charge in [-0.05, 0) is 109 Å². The normalized spacial score (nSPS) is 18.0. The highest BCUT2D eigenvalue weighted by Gasteiger charge is 2.39. The second-order valence-electron chi connectivity index (χ2n) is 24.0. The molecule has 0 aromatic heterocycles. The van der Waals surface area contributed by atoms with Crippen molar-refractivity contribution in [3.63, 3.8) is 0 Å². The van der Waals surface area contributed by atoms with Crippen molar-refractivity contribution in [1.82, 2.24) is 24.9 Å². The van der Waals surface area contributed by atoms with Crippen LogP contribution in [0.1, 0.15) is 102 Å². The lowest BCUT2D eigenvalue weighted by atomic mass is 10.0. The summed E-state index contributed by atoms with van der Waals surface area (Å²) in [7, 11) is 6.80. The molecular weight excluding hydrogens is 1140 g/mol. The van der Waals surface area contributed by atoms with Crippen molar-refractivity contribution in [2.75, 3.05) is 77.9 Å². The van der Waals surface area contributed by atoms with Gasteiger partial charge in [-0.2, -0.15) is 0 Å². The molecular formula is C71H75N9O10. The summed E-state index contributed by atoms with van der Waals surface area (Å²) in [5.74, 6) is 0.288. The number of rotatable bonds is 20. The number of unbranched alkanes of at least 4 members (excludes halogenated alkanes) is 2. The SMILES string of the molecule is COc1cc2c(cc1OCCCCCOc1cc3c(cc1OC)C(=O)N1C=C(c4ccc(N5CCN(C)CC5)cc4)C[C@H]1C=N3)N=C[C@@H]1CC(c3ccc(NC(=O)[C@H](C)NC(=O)[C@H](C(C)C)N(C)C(=O)OC4c5ccccc5-c5ccccc54)cc3)=CN1C2=O. The Morgan fingerprint density at radius 2 is 1.11 bits per heavy atom. The third-order valence-electron chi connectivity index (χ3n) is 17.7. The van der Waals surface area contributed by atoms with Gasteiger partial charge in [-0.15, -0.1) is 0 Å². The van der Waals surface area contributed by atoms with E-state index in [2.05, 4.69) is 51.7 Å². The van der Waals surface area contributed by atoms with Crippen LogP contribution in [0.4, 0.5) is 27.5 Å². The fraction of sp³-hybridized carbons (Fsp3) is 0.338. The first-order chi connectivity index (χ1) is 43.6.